The topological polar surface area (TPSA) is 0 Å². The van der Waals surface area contributed by atoms with Crippen molar-refractivity contribution in [2.45, 2.75) is 54.4 Å². The number of allylic oxidation sites excluding steroid dienone is 8. The summed E-state index contributed by atoms with van der Waals surface area (Å²) < 4.78 is 0. The summed E-state index contributed by atoms with van der Waals surface area (Å²) in [6.45, 7) is 12.9. The van der Waals surface area contributed by atoms with E-state index in [0.29, 0.717) is 0 Å². The van der Waals surface area contributed by atoms with Gasteiger partial charge in [0.05, 0.1) is 0 Å². The van der Waals surface area contributed by atoms with Crippen molar-refractivity contribution in [1.82, 2.24) is 0 Å². The molecule has 2 aliphatic rings. The van der Waals surface area contributed by atoms with Crippen LogP contribution in [0.25, 0.3) is 11.1 Å². The summed E-state index contributed by atoms with van der Waals surface area (Å²) in [5.41, 5.74) is 13.4. The van der Waals surface area contributed by atoms with Gasteiger partial charge >= 0.3 is 25.8 Å². The van der Waals surface area contributed by atoms with Crippen molar-refractivity contribution in [3.63, 3.8) is 0 Å². The van der Waals surface area contributed by atoms with Gasteiger partial charge in [-0.25, -0.2) is 0 Å². The third-order valence-electron chi connectivity index (χ3n) is 5.64. The molecule has 0 aliphatic heterocycles. The van der Waals surface area contributed by atoms with Gasteiger partial charge in [-0.05, 0) is 13.8 Å². The number of rotatable bonds is 2. The van der Waals surface area contributed by atoms with E-state index < -0.39 is 0 Å². The first kappa shape index (κ1) is 29.9. The van der Waals surface area contributed by atoms with Crippen LogP contribution in [-0.2, 0) is 25.8 Å². The molecule has 0 unspecified atom stereocenters. The Morgan fingerprint density at radius 2 is 0.806 bits per heavy atom. The Labute approximate surface area is 220 Å². The van der Waals surface area contributed by atoms with E-state index in [1.54, 1.807) is 0 Å². The number of benzene rings is 2. The van der Waals surface area contributed by atoms with E-state index in [1.165, 1.54) is 55.7 Å². The van der Waals surface area contributed by atoms with Crippen molar-refractivity contribution < 1.29 is 50.7 Å². The molecule has 0 amide bonds. The van der Waals surface area contributed by atoms with Crippen molar-refractivity contribution in [1.29, 1.82) is 0 Å². The Balaban J connectivity index is 0.000000529. The zero-order valence-corrected chi connectivity index (χ0v) is 24.4. The van der Waals surface area contributed by atoms with Crippen LogP contribution in [0, 0.1) is 26.0 Å². The predicted octanol–water partition coefficient (Wildman–Crippen LogP) is 1.85. The van der Waals surface area contributed by atoms with Crippen LogP contribution in [-0.4, -0.2) is 0 Å². The number of aryl methyl sites for hydroxylation is 2. The van der Waals surface area contributed by atoms with Crippen LogP contribution in [0.15, 0.2) is 70.8 Å². The molecule has 4 rings (SSSR count). The van der Waals surface area contributed by atoms with Crippen LogP contribution in [0.1, 0.15) is 62.8 Å². The van der Waals surface area contributed by atoms with Gasteiger partial charge in [0.15, 0.2) is 0 Å². The maximum Gasteiger partial charge on any atom is 4.00 e. The molecule has 0 nitrogen and oxygen atoms in total. The summed E-state index contributed by atoms with van der Waals surface area (Å²) in [5, 5.41) is 0. The molecule has 2 aliphatic carbocycles. The molecule has 0 bridgehead atoms. The SMILES string of the molecule is CC1=C(C)CC(c2ccc(C)cc2)=[C-]1.CC1=C(C)CC(c2ccc(C)cc2)=[C-]1.[Cl-].[Cl-].[Hf+4]. The average molecular weight is 616 g/mol. The van der Waals surface area contributed by atoms with E-state index in [9.17, 15) is 0 Å². The predicted molar refractivity (Wildman–Crippen MR) is 122 cm³/mol. The second kappa shape index (κ2) is 13.4. The molecule has 0 radical (unpaired) electrons. The standard InChI is InChI=1S/2C14H15.2ClH.Hf/c2*1-10-4-6-13(7-5-10)14-8-11(2)12(3)9-14;;;/h2*4-7H,8H2,1-3H3;2*1H;/q2*-1;;;+4/p-2. The molecule has 31 heavy (non-hydrogen) atoms. The van der Waals surface area contributed by atoms with E-state index in [2.05, 4.69) is 102 Å². The molecule has 0 saturated carbocycles. The molecule has 0 spiro atoms. The van der Waals surface area contributed by atoms with E-state index in [4.69, 9.17) is 0 Å². The van der Waals surface area contributed by atoms with Gasteiger partial charge in [0.25, 0.3) is 0 Å². The first-order valence-electron chi connectivity index (χ1n) is 10.1. The van der Waals surface area contributed by atoms with Gasteiger partial charge in [0.1, 0.15) is 0 Å². The fourth-order valence-corrected chi connectivity index (χ4v) is 3.41. The third kappa shape index (κ3) is 8.04. The average Bonchev–Trinajstić information content (AvgIpc) is 3.18. The Kier molecular flexibility index (Phi) is 12.9. The Hall–Kier alpha value is -1.15. The van der Waals surface area contributed by atoms with Crippen LogP contribution in [0.5, 0.6) is 0 Å². The van der Waals surface area contributed by atoms with Crippen molar-refractivity contribution in [2.75, 3.05) is 0 Å². The van der Waals surface area contributed by atoms with Crippen LogP contribution in [0.3, 0.4) is 0 Å². The summed E-state index contributed by atoms with van der Waals surface area (Å²) >= 11 is 0. The quantitative estimate of drug-likeness (QED) is 0.358. The minimum absolute atomic E-state index is 0. The monoisotopic (exact) mass is 616 g/mol. The van der Waals surface area contributed by atoms with E-state index in [1.807, 2.05) is 0 Å². The van der Waals surface area contributed by atoms with Crippen LogP contribution in [0.2, 0.25) is 0 Å². The number of halogens is 2. The number of hydrogen-bond donors (Lipinski definition) is 0. The van der Waals surface area contributed by atoms with Crippen LogP contribution >= 0.6 is 0 Å². The van der Waals surface area contributed by atoms with Gasteiger partial charge in [0.2, 0.25) is 0 Å². The van der Waals surface area contributed by atoms with Crippen molar-refractivity contribution in [3.05, 3.63) is 105 Å². The molecule has 0 saturated heterocycles. The molecule has 2 aromatic rings. The molecule has 2 aromatic carbocycles. The normalized spacial score (nSPS) is 14.5. The molecule has 0 atom stereocenters. The minimum atomic E-state index is 0. The molecule has 0 heterocycles. The molecule has 0 fully saturated rings. The summed E-state index contributed by atoms with van der Waals surface area (Å²) in [7, 11) is 0. The van der Waals surface area contributed by atoms with Crippen molar-refractivity contribution >= 4 is 11.1 Å². The summed E-state index contributed by atoms with van der Waals surface area (Å²) in [4.78, 5) is 0. The summed E-state index contributed by atoms with van der Waals surface area (Å²) in [6.07, 6.45) is 9.00. The van der Waals surface area contributed by atoms with Gasteiger partial charge in [-0.15, -0.1) is 35.4 Å². The first-order chi connectivity index (χ1) is 13.3. The van der Waals surface area contributed by atoms with Crippen molar-refractivity contribution in [2.24, 2.45) is 0 Å². The minimum Gasteiger partial charge on any atom is -1.00 e. The van der Waals surface area contributed by atoms with Gasteiger partial charge in [-0.2, -0.15) is 45.6 Å². The van der Waals surface area contributed by atoms with E-state index >= 15 is 0 Å². The molecule has 0 aromatic heterocycles. The fourth-order valence-electron chi connectivity index (χ4n) is 3.41. The maximum absolute atomic E-state index is 3.44. The second-order valence-corrected chi connectivity index (χ2v) is 8.10. The zero-order chi connectivity index (χ0) is 20.3. The fraction of sp³-hybridized carbons (Fsp3) is 0.286. The van der Waals surface area contributed by atoms with Gasteiger partial charge < -0.3 is 24.8 Å². The first-order valence-corrected chi connectivity index (χ1v) is 10.1. The molecular formula is C28H30Cl2Hf. The summed E-state index contributed by atoms with van der Waals surface area (Å²) in [5.74, 6) is 0. The molecular weight excluding hydrogens is 586 g/mol. The largest absolute Gasteiger partial charge is 4.00 e. The van der Waals surface area contributed by atoms with E-state index in [0.717, 1.165) is 12.8 Å². The van der Waals surface area contributed by atoms with Crippen LogP contribution in [0.4, 0.5) is 0 Å². The zero-order valence-electron chi connectivity index (χ0n) is 19.3. The Bertz CT molecular complexity index is 905. The summed E-state index contributed by atoms with van der Waals surface area (Å²) in [6, 6.07) is 17.4. The second-order valence-electron chi connectivity index (χ2n) is 8.10. The molecule has 0 N–H and O–H groups in total. The van der Waals surface area contributed by atoms with Gasteiger partial charge in [-0.1, -0.05) is 75.9 Å². The number of hydrogen-bond acceptors (Lipinski definition) is 0. The smallest absolute Gasteiger partial charge is 1.00 e. The van der Waals surface area contributed by atoms with E-state index in [-0.39, 0.29) is 50.7 Å². The Morgan fingerprint density at radius 1 is 0.516 bits per heavy atom. The molecule has 160 valence electrons. The third-order valence-corrected chi connectivity index (χ3v) is 5.64. The molecule has 3 heteroatoms. The maximum atomic E-state index is 3.44. The Morgan fingerprint density at radius 3 is 1.03 bits per heavy atom. The van der Waals surface area contributed by atoms with Crippen LogP contribution < -0.4 is 24.8 Å². The van der Waals surface area contributed by atoms with Gasteiger partial charge in [-0.3, -0.25) is 0 Å². The van der Waals surface area contributed by atoms with Gasteiger partial charge in [0, 0.05) is 0 Å². The van der Waals surface area contributed by atoms with Crippen molar-refractivity contribution in [3.8, 4) is 0 Å².